The van der Waals surface area contributed by atoms with E-state index in [-0.39, 0.29) is 24.0 Å². The number of aromatic nitrogens is 1. The van der Waals surface area contributed by atoms with E-state index in [9.17, 15) is 0 Å². The van der Waals surface area contributed by atoms with Gasteiger partial charge >= 0.3 is 0 Å². The zero-order valence-electron chi connectivity index (χ0n) is 11.3. The van der Waals surface area contributed by atoms with Gasteiger partial charge in [-0.05, 0) is 31.4 Å². The molecular formula is C13H23IN4. The number of hydrogen-bond acceptors (Lipinski definition) is 2. The van der Waals surface area contributed by atoms with Gasteiger partial charge in [0.25, 0.3) is 0 Å². The van der Waals surface area contributed by atoms with Crippen molar-refractivity contribution in [1.82, 2.24) is 15.6 Å². The van der Waals surface area contributed by atoms with Crippen LogP contribution in [0.4, 0.5) is 0 Å². The van der Waals surface area contributed by atoms with Gasteiger partial charge in [-0.15, -0.1) is 24.0 Å². The molecule has 18 heavy (non-hydrogen) atoms. The number of nitrogens with one attached hydrogen (secondary N) is 2. The van der Waals surface area contributed by atoms with Crippen LogP contribution in [0.5, 0.6) is 0 Å². The normalized spacial score (nSPS) is 12.5. The molecule has 0 aromatic carbocycles. The van der Waals surface area contributed by atoms with Crippen LogP contribution in [0, 0.1) is 0 Å². The molecule has 1 aromatic heterocycles. The molecule has 0 radical (unpaired) electrons. The fourth-order valence-electron chi connectivity index (χ4n) is 1.40. The van der Waals surface area contributed by atoms with Crippen LogP contribution >= 0.6 is 24.0 Å². The van der Waals surface area contributed by atoms with Crippen molar-refractivity contribution in [3.8, 4) is 0 Å². The Bertz CT molecular complexity index is 340. The van der Waals surface area contributed by atoms with E-state index in [4.69, 9.17) is 0 Å². The summed E-state index contributed by atoms with van der Waals surface area (Å²) < 4.78 is 0. The van der Waals surface area contributed by atoms with Crippen LogP contribution in [-0.2, 0) is 6.42 Å². The van der Waals surface area contributed by atoms with Crippen LogP contribution in [0.25, 0.3) is 0 Å². The summed E-state index contributed by atoms with van der Waals surface area (Å²) in [6.45, 7) is 5.16. The Hall–Kier alpha value is -0.850. The smallest absolute Gasteiger partial charge is 0.191 e. The van der Waals surface area contributed by atoms with Crippen molar-refractivity contribution in [2.75, 3.05) is 13.6 Å². The predicted molar refractivity (Wildman–Crippen MR) is 87.6 cm³/mol. The Morgan fingerprint density at radius 1 is 1.50 bits per heavy atom. The first kappa shape index (κ1) is 17.2. The molecule has 0 saturated carbocycles. The zero-order chi connectivity index (χ0) is 12.5. The molecule has 1 rings (SSSR count). The van der Waals surface area contributed by atoms with Gasteiger partial charge in [-0.3, -0.25) is 9.98 Å². The topological polar surface area (TPSA) is 49.3 Å². The number of guanidine groups is 1. The highest BCUT2D eigenvalue weighted by Gasteiger charge is 2.01. The summed E-state index contributed by atoms with van der Waals surface area (Å²) in [7, 11) is 1.79. The average Bonchev–Trinajstić information content (AvgIpc) is 2.38. The summed E-state index contributed by atoms with van der Waals surface area (Å²) in [5.41, 5.74) is 1.24. The minimum Gasteiger partial charge on any atom is -0.356 e. The molecule has 0 spiro atoms. The number of halogens is 1. The van der Waals surface area contributed by atoms with Crippen molar-refractivity contribution in [2.24, 2.45) is 4.99 Å². The minimum absolute atomic E-state index is 0. The third-order valence-corrected chi connectivity index (χ3v) is 2.65. The molecule has 4 nitrogen and oxygen atoms in total. The second kappa shape index (κ2) is 10.1. The molecule has 1 aromatic rings. The number of hydrogen-bond donors (Lipinski definition) is 2. The standard InChI is InChI=1S/C13H22N4.HI/c1-4-11(2)17-13(14-3)16-9-7-12-6-5-8-15-10-12;/h5-6,8,10-11H,4,7,9H2,1-3H3,(H2,14,16,17);1H. The Morgan fingerprint density at radius 2 is 2.28 bits per heavy atom. The van der Waals surface area contributed by atoms with Crippen LogP contribution in [0.3, 0.4) is 0 Å². The lowest BCUT2D eigenvalue weighted by molar-refractivity contribution is 0.624. The third kappa shape index (κ3) is 6.78. The van der Waals surface area contributed by atoms with Gasteiger partial charge < -0.3 is 10.6 Å². The van der Waals surface area contributed by atoms with Gasteiger partial charge in [-0.2, -0.15) is 0 Å². The molecule has 1 unspecified atom stereocenters. The molecule has 0 saturated heterocycles. The lowest BCUT2D eigenvalue weighted by Gasteiger charge is -2.16. The zero-order valence-corrected chi connectivity index (χ0v) is 13.6. The van der Waals surface area contributed by atoms with Crippen LogP contribution in [0.1, 0.15) is 25.8 Å². The SMILES string of the molecule is CCC(C)NC(=NC)NCCc1cccnc1.I. The van der Waals surface area contributed by atoms with Gasteiger partial charge in [0, 0.05) is 32.0 Å². The van der Waals surface area contributed by atoms with Crippen molar-refractivity contribution in [3.63, 3.8) is 0 Å². The molecule has 0 fully saturated rings. The molecule has 0 amide bonds. The highest BCUT2D eigenvalue weighted by Crippen LogP contribution is 1.95. The molecule has 0 aliphatic carbocycles. The second-order valence-electron chi connectivity index (χ2n) is 4.06. The fraction of sp³-hybridized carbons (Fsp3) is 0.538. The summed E-state index contributed by atoms with van der Waals surface area (Å²) in [6.07, 6.45) is 5.73. The van der Waals surface area contributed by atoms with Crippen molar-refractivity contribution < 1.29 is 0 Å². The molecule has 5 heteroatoms. The number of rotatable bonds is 5. The monoisotopic (exact) mass is 362 g/mol. The van der Waals surface area contributed by atoms with Gasteiger partial charge in [0.2, 0.25) is 0 Å². The molecule has 1 atom stereocenters. The molecule has 0 aliphatic heterocycles. The molecule has 0 bridgehead atoms. The first-order valence-electron chi connectivity index (χ1n) is 6.12. The predicted octanol–water partition coefficient (Wildman–Crippen LogP) is 2.21. The van der Waals surface area contributed by atoms with E-state index in [1.54, 1.807) is 13.2 Å². The van der Waals surface area contributed by atoms with E-state index in [2.05, 4.69) is 40.5 Å². The maximum atomic E-state index is 4.19. The Labute approximate surface area is 127 Å². The van der Waals surface area contributed by atoms with E-state index in [0.717, 1.165) is 25.3 Å². The van der Waals surface area contributed by atoms with E-state index in [1.807, 2.05) is 12.3 Å². The Morgan fingerprint density at radius 3 is 2.83 bits per heavy atom. The van der Waals surface area contributed by atoms with E-state index < -0.39 is 0 Å². The summed E-state index contributed by atoms with van der Waals surface area (Å²) in [5, 5.41) is 6.62. The molecular weight excluding hydrogens is 339 g/mol. The molecule has 0 aliphatic rings. The van der Waals surface area contributed by atoms with Crippen LogP contribution < -0.4 is 10.6 Å². The summed E-state index contributed by atoms with van der Waals surface area (Å²) in [6, 6.07) is 4.49. The first-order valence-corrected chi connectivity index (χ1v) is 6.12. The third-order valence-electron chi connectivity index (χ3n) is 2.65. The van der Waals surface area contributed by atoms with Gasteiger partial charge in [0.1, 0.15) is 0 Å². The number of nitrogens with zero attached hydrogens (tertiary/aromatic N) is 2. The highest BCUT2D eigenvalue weighted by atomic mass is 127. The van der Waals surface area contributed by atoms with Crippen LogP contribution in [0.15, 0.2) is 29.5 Å². The lowest BCUT2D eigenvalue weighted by Crippen LogP contribution is -2.42. The highest BCUT2D eigenvalue weighted by molar-refractivity contribution is 14.0. The Balaban J connectivity index is 0.00000289. The largest absolute Gasteiger partial charge is 0.356 e. The molecule has 1 heterocycles. The van der Waals surface area contributed by atoms with Crippen LogP contribution in [-0.4, -0.2) is 30.6 Å². The van der Waals surface area contributed by atoms with Crippen LogP contribution in [0.2, 0.25) is 0 Å². The fourth-order valence-corrected chi connectivity index (χ4v) is 1.40. The van der Waals surface area contributed by atoms with E-state index in [0.29, 0.717) is 6.04 Å². The van der Waals surface area contributed by atoms with Crippen molar-refractivity contribution in [1.29, 1.82) is 0 Å². The Kier molecular flexibility index (Phi) is 9.63. The van der Waals surface area contributed by atoms with E-state index >= 15 is 0 Å². The summed E-state index contributed by atoms with van der Waals surface area (Å²) in [4.78, 5) is 8.28. The van der Waals surface area contributed by atoms with Crippen molar-refractivity contribution >= 4 is 29.9 Å². The maximum absolute atomic E-state index is 4.19. The van der Waals surface area contributed by atoms with Crippen molar-refractivity contribution in [3.05, 3.63) is 30.1 Å². The van der Waals surface area contributed by atoms with Gasteiger partial charge in [0.15, 0.2) is 5.96 Å². The van der Waals surface area contributed by atoms with Gasteiger partial charge in [-0.25, -0.2) is 0 Å². The van der Waals surface area contributed by atoms with Gasteiger partial charge in [-0.1, -0.05) is 13.0 Å². The number of pyridine rings is 1. The van der Waals surface area contributed by atoms with Gasteiger partial charge in [0.05, 0.1) is 0 Å². The average molecular weight is 362 g/mol. The van der Waals surface area contributed by atoms with E-state index in [1.165, 1.54) is 5.56 Å². The molecule has 102 valence electrons. The molecule has 2 N–H and O–H groups in total. The number of aliphatic imine (C=N–C) groups is 1. The summed E-state index contributed by atoms with van der Waals surface area (Å²) in [5.74, 6) is 0.864. The second-order valence-corrected chi connectivity index (χ2v) is 4.06. The first-order chi connectivity index (χ1) is 8.26. The summed E-state index contributed by atoms with van der Waals surface area (Å²) >= 11 is 0. The van der Waals surface area contributed by atoms with Crippen molar-refractivity contribution in [2.45, 2.75) is 32.7 Å². The lowest BCUT2D eigenvalue weighted by atomic mass is 10.2. The maximum Gasteiger partial charge on any atom is 0.191 e. The quantitative estimate of drug-likeness (QED) is 0.480. The minimum atomic E-state index is 0.